The van der Waals surface area contributed by atoms with Crippen LogP contribution in [0.3, 0.4) is 0 Å². The van der Waals surface area contributed by atoms with Gasteiger partial charge < -0.3 is 5.32 Å². The molecule has 0 spiro atoms. The number of hydrogen-bond acceptors (Lipinski definition) is 1. The normalized spacial score (nSPS) is 11.7. The van der Waals surface area contributed by atoms with E-state index >= 15 is 0 Å². The van der Waals surface area contributed by atoms with E-state index in [-0.39, 0.29) is 0 Å². The van der Waals surface area contributed by atoms with E-state index in [4.69, 9.17) is 0 Å². The highest BCUT2D eigenvalue weighted by Gasteiger charge is 2.10. The number of hydrogen-bond donors (Lipinski definition) is 1. The van der Waals surface area contributed by atoms with E-state index in [1.807, 2.05) is 0 Å². The second-order valence-electron chi connectivity index (χ2n) is 7.35. The lowest BCUT2D eigenvalue weighted by molar-refractivity contribution is 0.651. The minimum Gasteiger partial charge on any atom is -0.313 e. The average Bonchev–Trinajstić information content (AvgIpc) is 2.73. The quantitative estimate of drug-likeness (QED) is 0.280. The summed E-state index contributed by atoms with van der Waals surface area (Å²) < 4.78 is 0. The fourth-order valence-corrected chi connectivity index (χ4v) is 4.24. The Morgan fingerprint density at radius 3 is 2.11 bits per heavy atom. The van der Waals surface area contributed by atoms with Gasteiger partial charge in [-0.1, -0.05) is 84.9 Å². The third-order valence-corrected chi connectivity index (χ3v) is 5.60. The highest BCUT2D eigenvalue weighted by Crippen LogP contribution is 2.35. The van der Waals surface area contributed by atoms with E-state index in [1.54, 1.807) is 0 Å². The lowest BCUT2D eigenvalue weighted by Gasteiger charge is -2.14. The van der Waals surface area contributed by atoms with Gasteiger partial charge in [0, 0.05) is 6.54 Å². The molecule has 5 aromatic carbocycles. The minimum atomic E-state index is 0.920. The molecule has 1 N–H and O–H groups in total. The molecule has 0 heterocycles. The second-order valence-corrected chi connectivity index (χ2v) is 7.35. The Balaban J connectivity index is 1.37. The molecule has 0 atom stereocenters. The standard InChI is InChI=1S/C26H23N/c1-2-6-19(7-3-1)8-5-17-27-18-23-14-13-22-12-11-20-9-4-10-21-15-16-24(23)26(22)25(20)21/h1-4,6-7,9-16,27H,5,8,17-18H2. The molecule has 0 aromatic heterocycles. The van der Waals surface area contributed by atoms with Crippen LogP contribution < -0.4 is 5.32 Å². The lowest BCUT2D eigenvalue weighted by Crippen LogP contribution is -2.15. The minimum absolute atomic E-state index is 0.920. The van der Waals surface area contributed by atoms with Crippen molar-refractivity contribution < 1.29 is 0 Å². The molecule has 0 saturated carbocycles. The van der Waals surface area contributed by atoms with Crippen molar-refractivity contribution in [2.24, 2.45) is 0 Å². The van der Waals surface area contributed by atoms with Crippen LogP contribution in [-0.2, 0) is 13.0 Å². The molecular formula is C26H23N. The molecule has 0 aliphatic carbocycles. The zero-order valence-corrected chi connectivity index (χ0v) is 15.4. The van der Waals surface area contributed by atoms with Crippen molar-refractivity contribution in [2.45, 2.75) is 19.4 Å². The largest absolute Gasteiger partial charge is 0.313 e. The van der Waals surface area contributed by atoms with Crippen molar-refractivity contribution in [3.63, 3.8) is 0 Å². The van der Waals surface area contributed by atoms with Crippen molar-refractivity contribution >= 4 is 32.3 Å². The maximum atomic E-state index is 3.65. The first-order chi connectivity index (χ1) is 13.4. The van der Waals surface area contributed by atoms with Gasteiger partial charge in [0.05, 0.1) is 0 Å². The molecule has 0 amide bonds. The molecular weight excluding hydrogens is 326 g/mol. The van der Waals surface area contributed by atoms with Gasteiger partial charge in [0.1, 0.15) is 0 Å². The van der Waals surface area contributed by atoms with Crippen molar-refractivity contribution in [3.8, 4) is 0 Å². The Kier molecular flexibility index (Phi) is 4.23. The number of aryl methyl sites for hydroxylation is 1. The maximum absolute atomic E-state index is 3.65. The van der Waals surface area contributed by atoms with Crippen LogP contribution in [0.2, 0.25) is 0 Å². The van der Waals surface area contributed by atoms with Crippen molar-refractivity contribution in [3.05, 3.63) is 96.1 Å². The maximum Gasteiger partial charge on any atom is 0.0211 e. The molecule has 0 saturated heterocycles. The van der Waals surface area contributed by atoms with E-state index in [1.165, 1.54) is 43.4 Å². The molecule has 0 fully saturated rings. The first kappa shape index (κ1) is 16.3. The van der Waals surface area contributed by atoms with Crippen LogP contribution >= 0.6 is 0 Å². The molecule has 132 valence electrons. The van der Waals surface area contributed by atoms with E-state index in [0.29, 0.717) is 0 Å². The Hall–Kier alpha value is -2.90. The van der Waals surface area contributed by atoms with E-state index in [9.17, 15) is 0 Å². The Morgan fingerprint density at radius 2 is 1.30 bits per heavy atom. The van der Waals surface area contributed by atoms with E-state index in [0.717, 1.165) is 25.9 Å². The molecule has 0 bridgehead atoms. The lowest BCUT2D eigenvalue weighted by atomic mass is 9.92. The monoisotopic (exact) mass is 349 g/mol. The van der Waals surface area contributed by atoms with Crippen LogP contribution in [0.1, 0.15) is 17.5 Å². The molecule has 5 aromatic rings. The third kappa shape index (κ3) is 3.05. The summed E-state index contributed by atoms with van der Waals surface area (Å²) in [6, 6.07) is 30.9. The Labute approximate surface area is 160 Å². The molecule has 0 aliphatic rings. The molecule has 0 aliphatic heterocycles. The van der Waals surface area contributed by atoms with Gasteiger partial charge in [0.2, 0.25) is 0 Å². The van der Waals surface area contributed by atoms with Gasteiger partial charge in [-0.25, -0.2) is 0 Å². The Morgan fingerprint density at radius 1 is 0.593 bits per heavy atom. The second kappa shape index (κ2) is 7.02. The first-order valence-corrected chi connectivity index (χ1v) is 9.80. The van der Waals surface area contributed by atoms with Crippen molar-refractivity contribution in [1.29, 1.82) is 0 Å². The summed E-state index contributed by atoms with van der Waals surface area (Å²) >= 11 is 0. The van der Waals surface area contributed by atoms with Gasteiger partial charge in [-0.15, -0.1) is 0 Å². The van der Waals surface area contributed by atoms with Crippen molar-refractivity contribution in [1.82, 2.24) is 5.32 Å². The van der Waals surface area contributed by atoms with E-state index < -0.39 is 0 Å². The predicted octanol–water partition coefficient (Wildman–Crippen LogP) is 6.31. The SMILES string of the molecule is c1ccc(CCCNCc2ccc3ccc4cccc5ccc2c3c45)cc1. The number of nitrogens with one attached hydrogen (secondary N) is 1. The summed E-state index contributed by atoms with van der Waals surface area (Å²) in [7, 11) is 0. The van der Waals surface area contributed by atoms with Gasteiger partial charge in [-0.2, -0.15) is 0 Å². The summed E-state index contributed by atoms with van der Waals surface area (Å²) in [5.74, 6) is 0. The van der Waals surface area contributed by atoms with Crippen LogP contribution in [0, 0.1) is 0 Å². The average molecular weight is 349 g/mol. The van der Waals surface area contributed by atoms with Gasteiger partial charge >= 0.3 is 0 Å². The molecule has 1 nitrogen and oxygen atoms in total. The van der Waals surface area contributed by atoms with Crippen molar-refractivity contribution in [2.75, 3.05) is 6.54 Å². The fraction of sp³-hybridized carbons (Fsp3) is 0.154. The molecule has 0 unspecified atom stereocenters. The van der Waals surface area contributed by atoms with Gasteiger partial charge in [0.25, 0.3) is 0 Å². The molecule has 27 heavy (non-hydrogen) atoms. The van der Waals surface area contributed by atoms with Crippen LogP contribution in [0.4, 0.5) is 0 Å². The summed E-state index contributed by atoms with van der Waals surface area (Å²) in [4.78, 5) is 0. The molecule has 1 heteroatoms. The molecule has 0 radical (unpaired) electrons. The zero-order chi connectivity index (χ0) is 18.1. The van der Waals surface area contributed by atoms with Crippen LogP contribution in [-0.4, -0.2) is 6.54 Å². The summed E-state index contributed by atoms with van der Waals surface area (Å²) in [5, 5.41) is 11.8. The third-order valence-electron chi connectivity index (χ3n) is 5.60. The smallest absolute Gasteiger partial charge is 0.0211 e. The summed E-state index contributed by atoms with van der Waals surface area (Å²) in [6.07, 6.45) is 2.29. The summed E-state index contributed by atoms with van der Waals surface area (Å²) in [5.41, 5.74) is 2.81. The van der Waals surface area contributed by atoms with Gasteiger partial charge in [0.15, 0.2) is 0 Å². The highest BCUT2D eigenvalue weighted by molar-refractivity contribution is 6.23. The number of benzene rings is 5. The zero-order valence-electron chi connectivity index (χ0n) is 15.4. The first-order valence-electron chi connectivity index (χ1n) is 9.80. The van der Waals surface area contributed by atoms with Crippen LogP contribution in [0.5, 0.6) is 0 Å². The summed E-state index contributed by atoms with van der Waals surface area (Å²) in [6.45, 7) is 1.96. The van der Waals surface area contributed by atoms with Gasteiger partial charge in [-0.3, -0.25) is 0 Å². The predicted molar refractivity (Wildman–Crippen MR) is 117 cm³/mol. The topological polar surface area (TPSA) is 12.0 Å². The van der Waals surface area contributed by atoms with Crippen LogP contribution in [0.15, 0.2) is 84.9 Å². The van der Waals surface area contributed by atoms with Gasteiger partial charge in [-0.05, 0) is 62.8 Å². The Bertz CT molecular complexity index is 1170. The number of rotatable bonds is 6. The molecule has 5 rings (SSSR count). The van der Waals surface area contributed by atoms with Crippen LogP contribution in [0.25, 0.3) is 32.3 Å². The van der Waals surface area contributed by atoms with E-state index in [2.05, 4.69) is 90.2 Å². The highest BCUT2D eigenvalue weighted by atomic mass is 14.8. The fourth-order valence-electron chi connectivity index (χ4n) is 4.24.